The van der Waals surface area contributed by atoms with Gasteiger partial charge in [0.05, 0.1) is 12.8 Å². The molecule has 0 amide bonds. The fraction of sp³-hybridized carbons (Fsp3) is 0.667. The van der Waals surface area contributed by atoms with Crippen LogP contribution in [0.3, 0.4) is 0 Å². The highest BCUT2D eigenvalue weighted by atomic mass is 79.9. The topological polar surface area (TPSA) is 64.4 Å². The summed E-state index contributed by atoms with van der Waals surface area (Å²) >= 11 is 3.19. The first-order chi connectivity index (χ1) is 10.6. The zero-order chi connectivity index (χ0) is 15.9. The van der Waals surface area contributed by atoms with Gasteiger partial charge in [-0.3, -0.25) is 14.2 Å². The van der Waals surface area contributed by atoms with E-state index in [2.05, 4.69) is 25.8 Å². The Morgan fingerprint density at radius 1 is 1.36 bits per heavy atom. The van der Waals surface area contributed by atoms with Gasteiger partial charge in [0, 0.05) is 13.1 Å². The molecule has 6 nitrogen and oxygen atoms in total. The third-order valence-corrected chi connectivity index (χ3v) is 4.22. The van der Waals surface area contributed by atoms with Gasteiger partial charge in [-0.1, -0.05) is 13.3 Å². The van der Waals surface area contributed by atoms with E-state index in [1.54, 1.807) is 0 Å². The summed E-state index contributed by atoms with van der Waals surface area (Å²) in [6, 6.07) is 0. The number of ether oxygens (including phenoxy) is 1. The molecule has 0 N–H and O–H groups in total. The number of unbranched alkanes of at least 4 members (excludes halogenated alkanes) is 1. The summed E-state index contributed by atoms with van der Waals surface area (Å²) in [7, 11) is 0. The van der Waals surface area contributed by atoms with Gasteiger partial charge in [0.2, 0.25) is 5.95 Å². The van der Waals surface area contributed by atoms with Crippen LogP contribution in [0.15, 0.2) is 15.5 Å². The van der Waals surface area contributed by atoms with Gasteiger partial charge in [-0.15, -0.1) is 0 Å². The van der Waals surface area contributed by atoms with Crippen LogP contribution in [0.4, 0.5) is 5.95 Å². The molecule has 2 rings (SSSR count). The predicted molar refractivity (Wildman–Crippen MR) is 88.1 cm³/mol. The molecule has 22 heavy (non-hydrogen) atoms. The highest BCUT2D eigenvalue weighted by molar-refractivity contribution is 9.10. The first-order valence-electron chi connectivity index (χ1n) is 7.79. The molecule has 0 spiro atoms. The summed E-state index contributed by atoms with van der Waals surface area (Å²) in [6.07, 6.45) is 6.64. The van der Waals surface area contributed by atoms with Crippen LogP contribution < -0.4 is 10.5 Å². The lowest BCUT2D eigenvalue weighted by atomic mass is 10.1. The van der Waals surface area contributed by atoms with Gasteiger partial charge in [-0.25, -0.2) is 4.98 Å². The average Bonchev–Trinajstić information content (AvgIpc) is 2.53. The van der Waals surface area contributed by atoms with Crippen molar-refractivity contribution < 1.29 is 9.53 Å². The molecule has 0 radical (unpaired) electrons. The maximum atomic E-state index is 12.3. The van der Waals surface area contributed by atoms with Crippen molar-refractivity contribution >= 4 is 27.8 Å². The van der Waals surface area contributed by atoms with Crippen LogP contribution in [0.1, 0.15) is 39.0 Å². The van der Waals surface area contributed by atoms with Crippen molar-refractivity contribution in [2.45, 2.75) is 45.6 Å². The summed E-state index contributed by atoms with van der Waals surface area (Å²) < 4.78 is 6.93. The quantitative estimate of drug-likeness (QED) is 0.567. The highest BCUT2D eigenvalue weighted by Crippen LogP contribution is 2.17. The molecule has 0 unspecified atom stereocenters. The van der Waals surface area contributed by atoms with E-state index in [-0.39, 0.29) is 12.1 Å². The maximum absolute atomic E-state index is 12.3. The van der Waals surface area contributed by atoms with Crippen LogP contribution in [-0.4, -0.2) is 35.2 Å². The molecule has 1 aliphatic heterocycles. The summed E-state index contributed by atoms with van der Waals surface area (Å²) in [5, 5.41) is 0. The lowest BCUT2D eigenvalue weighted by Gasteiger charge is -2.29. The minimum absolute atomic E-state index is 0.0964. The molecule has 1 saturated heterocycles. The zero-order valence-electron chi connectivity index (χ0n) is 12.9. The Morgan fingerprint density at radius 2 is 2.09 bits per heavy atom. The van der Waals surface area contributed by atoms with E-state index in [1.807, 2.05) is 6.92 Å². The Morgan fingerprint density at radius 3 is 2.77 bits per heavy atom. The molecule has 0 saturated carbocycles. The lowest BCUT2D eigenvalue weighted by Crippen LogP contribution is -2.37. The number of anilines is 1. The van der Waals surface area contributed by atoms with Gasteiger partial charge in [-0.2, -0.15) is 0 Å². The second-order valence-electron chi connectivity index (χ2n) is 5.42. The molecule has 2 heterocycles. The number of nitrogens with zero attached hydrogens (tertiary/aromatic N) is 3. The summed E-state index contributed by atoms with van der Waals surface area (Å²) in [6.45, 7) is 4.05. The minimum atomic E-state index is -0.395. The lowest BCUT2D eigenvalue weighted by molar-refractivity contribution is -0.144. The van der Waals surface area contributed by atoms with E-state index in [9.17, 15) is 9.59 Å². The SMILES string of the molecule is CCCCOC(=O)Cn1c(N2CCCCC2)ncc(Br)c1=O. The van der Waals surface area contributed by atoms with Gasteiger partial charge in [0.15, 0.2) is 0 Å². The summed E-state index contributed by atoms with van der Waals surface area (Å²) in [4.78, 5) is 30.7. The fourth-order valence-corrected chi connectivity index (χ4v) is 2.77. The number of piperidine rings is 1. The van der Waals surface area contributed by atoms with E-state index in [4.69, 9.17) is 4.74 Å². The Hall–Kier alpha value is -1.37. The molecular formula is C15H22BrN3O3. The Kier molecular flexibility index (Phi) is 6.42. The smallest absolute Gasteiger partial charge is 0.326 e. The molecule has 7 heteroatoms. The van der Waals surface area contributed by atoms with Gasteiger partial charge < -0.3 is 9.64 Å². The second-order valence-corrected chi connectivity index (χ2v) is 6.27. The molecule has 122 valence electrons. The minimum Gasteiger partial charge on any atom is -0.464 e. The molecule has 1 aromatic rings. The van der Waals surface area contributed by atoms with Crippen molar-refractivity contribution in [3.63, 3.8) is 0 Å². The first kappa shape index (κ1) is 17.0. The molecule has 1 aliphatic rings. The summed E-state index contributed by atoms with van der Waals surface area (Å²) in [5.74, 6) is 0.161. The molecule has 0 aliphatic carbocycles. The second kappa shape index (κ2) is 8.31. The van der Waals surface area contributed by atoms with Crippen molar-refractivity contribution in [3.05, 3.63) is 21.0 Å². The first-order valence-corrected chi connectivity index (χ1v) is 8.58. The molecule has 1 fully saturated rings. The Bertz CT molecular complexity index is 568. The van der Waals surface area contributed by atoms with Crippen LogP contribution in [0.25, 0.3) is 0 Å². The zero-order valence-corrected chi connectivity index (χ0v) is 14.5. The molecular weight excluding hydrogens is 350 g/mol. The van der Waals surface area contributed by atoms with Crippen molar-refractivity contribution in [2.24, 2.45) is 0 Å². The number of carbonyl (C=O) groups is 1. The van der Waals surface area contributed by atoms with Crippen LogP contribution in [0.2, 0.25) is 0 Å². The highest BCUT2D eigenvalue weighted by Gasteiger charge is 2.20. The van der Waals surface area contributed by atoms with Crippen LogP contribution in [0.5, 0.6) is 0 Å². The average molecular weight is 372 g/mol. The van der Waals surface area contributed by atoms with Crippen LogP contribution >= 0.6 is 15.9 Å². The number of halogens is 1. The molecule has 0 atom stereocenters. The molecule has 0 bridgehead atoms. The number of rotatable bonds is 6. The van der Waals surface area contributed by atoms with E-state index in [1.165, 1.54) is 17.2 Å². The van der Waals surface area contributed by atoms with Crippen molar-refractivity contribution in [1.82, 2.24) is 9.55 Å². The number of carbonyl (C=O) groups excluding carboxylic acids is 1. The molecule has 1 aromatic heterocycles. The monoisotopic (exact) mass is 371 g/mol. The van der Waals surface area contributed by atoms with Crippen molar-refractivity contribution in [1.29, 1.82) is 0 Å². The fourth-order valence-electron chi connectivity index (χ4n) is 2.45. The van der Waals surface area contributed by atoms with Crippen molar-refractivity contribution in [2.75, 3.05) is 24.6 Å². The standard InChI is InChI=1S/C15H22BrN3O3/c1-2-3-9-22-13(20)11-19-14(21)12(16)10-17-15(19)18-7-5-4-6-8-18/h10H,2-9,11H2,1H3. The largest absolute Gasteiger partial charge is 0.464 e. The van der Waals surface area contributed by atoms with Gasteiger partial charge >= 0.3 is 5.97 Å². The third-order valence-electron chi connectivity index (χ3n) is 3.67. The van der Waals surface area contributed by atoms with Gasteiger partial charge in [0.25, 0.3) is 5.56 Å². The Labute approximate surface area is 138 Å². The normalized spacial score (nSPS) is 14.9. The number of hydrogen-bond donors (Lipinski definition) is 0. The van der Waals surface area contributed by atoms with Crippen LogP contribution in [0, 0.1) is 0 Å². The Balaban J connectivity index is 2.18. The van der Waals surface area contributed by atoms with E-state index in [0.29, 0.717) is 17.0 Å². The maximum Gasteiger partial charge on any atom is 0.326 e. The summed E-state index contributed by atoms with van der Waals surface area (Å²) in [5.41, 5.74) is -0.247. The van der Waals surface area contributed by atoms with Gasteiger partial charge in [0.1, 0.15) is 11.0 Å². The van der Waals surface area contributed by atoms with E-state index < -0.39 is 5.97 Å². The third kappa shape index (κ3) is 4.32. The van der Waals surface area contributed by atoms with Gasteiger partial charge in [-0.05, 0) is 41.6 Å². The van der Waals surface area contributed by atoms with E-state index >= 15 is 0 Å². The molecule has 0 aromatic carbocycles. The number of hydrogen-bond acceptors (Lipinski definition) is 5. The van der Waals surface area contributed by atoms with E-state index in [0.717, 1.165) is 38.8 Å². The van der Waals surface area contributed by atoms with Crippen LogP contribution in [-0.2, 0) is 16.1 Å². The predicted octanol–water partition coefficient (Wildman–Crippen LogP) is 2.34. The number of esters is 1. The number of aromatic nitrogens is 2. The van der Waals surface area contributed by atoms with Crippen molar-refractivity contribution in [3.8, 4) is 0 Å².